The third-order valence-corrected chi connectivity index (χ3v) is 5.04. The van der Waals surface area contributed by atoms with Crippen LogP contribution in [0.2, 0.25) is 0 Å². The first-order valence-electron chi connectivity index (χ1n) is 8.56. The molecule has 0 aliphatic heterocycles. The second-order valence-electron chi connectivity index (χ2n) is 6.29. The van der Waals surface area contributed by atoms with E-state index in [1.807, 2.05) is 65.4 Å². The highest BCUT2D eigenvalue weighted by molar-refractivity contribution is 7.07. The molecule has 1 N–H and O–H groups in total. The van der Waals surface area contributed by atoms with E-state index in [-0.39, 0.29) is 5.91 Å². The fraction of sp³-hybridized carbons (Fsp3) is 0.143. The van der Waals surface area contributed by atoms with E-state index in [1.54, 1.807) is 11.3 Å². The second kappa shape index (κ2) is 7.14. The maximum Gasteiger partial charge on any atom is 0.225 e. The molecular weight excluding hydrogens is 342 g/mol. The summed E-state index contributed by atoms with van der Waals surface area (Å²) in [7, 11) is 0. The van der Waals surface area contributed by atoms with Crippen molar-refractivity contribution in [1.82, 2.24) is 9.38 Å². The molecule has 0 radical (unpaired) electrons. The van der Waals surface area contributed by atoms with Gasteiger partial charge in [0, 0.05) is 18.2 Å². The summed E-state index contributed by atoms with van der Waals surface area (Å²) in [6.07, 6.45) is 3.15. The number of benzene rings is 1. The molecule has 3 aromatic heterocycles. The average Bonchev–Trinajstić information content (AvgIpc) is 3.29. The summed E-state index contributed by atoms with van der Waals surface area (Å²) in [4.78, 5) is 17.3. The molecule has 0 saturated carbocycles. The number of carbonyl (C=O) groups is 1. The second-order valence-corrected chi connectivity index (χ2v) is 7.07. The number of rotatable bonds is 5. The van der Waals surface area contributed by atoms with Crippen molar-refractivity contribution >= 4 is 28.7 Å². The average molecular weight is 361 g/mol. The highest BCUT2D eigenvalue weighted by Gasteiger charge is 2.16. The molecule has 0 saturated heterocycles. The van der Waals surface area contributed by atoms with Gasteiger partial charge in [-0.05, 0) is 53.4 Å². The first-order valence-corrected chi connectivity index (χ1v) is 9.50. The number of nitrogens with zero attached hydrogens (tertiary/aromatic N) is 2. The molecule has 1 aromatic carbocycles. The zero-order valence-electron chi connectivity index (χ0n) is 14.5. The molecule has 0 atom stereocenters. The molecular formula is C21H19N3OS. The van der Waals surface area contributed by atoms with Crippen molar-refractivity contribution in [2.24, 2.45) is 0 Å². The van der Waals surface area contributed by atoms with Gasteiger partial charge in [0.25, 0.3) is 0 Å². The Morgan fingerprint density at radius 2 is 2.04 bits per heavy atom. The molecule has 0 unspecified atom stereocenters. The van der Waals surface area contributed by atoms with Crippen molar-refractivity contribution in [3.05, 3.63) is 76.6 Å². The van der Waals surface area contributed by atoms with E-state index in [9.17, 15) is 4.79 Å². The number of imidazole rings is 1. The summed E-state index contributed by atoms with van der Waals surface area (Å²) in [5.41, 5.74) is 4.94. The molecule has 0 aliphatic rings. The van der Waals surface area contributed by atoms with E-state index in [4.69, 9.17) is 4.98 Å². The molecule has 26 heavy (non-hydrogen) atoms. The Morgan fingerprint density at radius 1 is 1.19 bits per heavy atom. The highest BCUT2D eigenvalue weighted by Crippen LogP contribution is 2.29. The lowest BCUT2D eigenvalue weighted by atomic mass is 10.1. The van der Waals surface area contributed by atoms with Crippen LogP contribution in [0, 0.1) is 6.92 Å². The molecule has 130 valence electrons. The van der Waals surface area contributed by atoms with Crippen LogP contribution in [0.4, 0.5) is 5.82 Å². The van der Waals surface area contributed by atoms with E-state index in [1.165, 1.54) is 5.56 Å². The van der Waals surface area contributed by atoms with E-state index in [2.05, 4.69) is 16.8 Å². The third kappa shape index (κ3) is 3.39. The van der Waals surface area contributed by atoms with Crippen LogP contribution in [-0.4, -0.2) is 15.3 Å². The van der Waals surface area contributed by atoms with Crippen LogP contribution < -0.4 is 5.32 Å². The van der Waals surface area contributed by atoms with Gasteiger partial charge in [0.05, 0.1) is 0 Å². The van der Waals surface area contributed by atoms with Crippen LogP contribution in [0.3, 0.4) is 0 Å². The Kier molecular flexibility index (Phi) is 4.54. The maximum atomic E-state index is 12.6. The van der Waals surface area contributed by atoms with Gasteiger partial charge < -0.3 is 5.32 Å². The fourth-order valence-electron chi connectivity index (χ4n) is 2.95. The molecule has 4 nitrogen and oxygen atoms in total. The lowest BCUT2D eigenvalue weighted by Gasteiger charge is -2.08. The van der Waals surface area contributed by atoms with Gasteiger partial charge in [0.2, 0.25) is 5.91 Å². The predicted molar refractivity (Wildman–Crippen MR) is 107 cm³/mol. The number of hydrogen-bond donors (Lipinski definition) is 1. The van der Waals surface area contributed by atoms with Crippen LogP contribution >= 0.6 is 11.3 Å². The topological polar surface area (TPSA) is 46.4 Å². The molecule has 0 spiro atoms. The number of carbonyl (C=O) groups excluding carboxylic acids is 1. The minimum absolute atomic E-state index is 0.00393. The van der Waals surface area contributed by atoms with Crippen LogP contribution in [0.15, 0.2) is 65.5 Å². The SMILES string of the molecule is Cc1ccn2c(NC(=O)CCc3ccsc3)c(-c3ccccc3)nc2c1. The number of fused-ring (bicyclic) bond motifs is 1. The lowest BCUT2D eigenvalue weighted by molar-refractivity contribution is -0.116. The molecule has 4 rings (SSSR count). The van der Waals surface area contributed by atoms with Gasteiger partial charge in [-0.15, -0.1) is 0 Å². The standard InChI is InChI=1S/C21H19N3OS/c1-15-9-11-24-18(13-15)22-20(17-5-3-2-4-6-17)21(24)23-19(25)8-7-16-10-12-26-14-16/h2-6,9-14H,7-8H2,1H3,(H,23,25). The summed E-state index contributed by atoms with van der Waals surface area (Å²) < 4.78 is 1.94. The fourth-order valence-corrected chi connectivity index (χ4v) is 3.65. The van der Waals surface area contributed by atoms with Gasteiger partial charge in [-0.3, -0.25) is 9.20 Å². The summed E-state index contributed by atoms with van der Waals surface area (Å²) in [5.74, 6) is 0.720. The van der Waals surface area contributed by atoms with E-state index >= 15 is 0 Å². The molecule has 4 aromatic rings. The minimum Gasteiger partial charge on any atom is -0.310 e. The van der Waals surface area contributed by atoms with E-state index in [0.29, 0.717) is 6.42 Å². The van der Waals surface area contributed by atoms with Crippen LogP contribution in [0.5, 0.6) is 0 Å². The van der Waals surface area contributed by atoms with Gasteiger partial charge in [0.15, 0.2) is 0 Å². The van der Waals surface area contributed by atoms with Gasteiger partial charge in [-0.1, -0.05) is 30.3 Å². The number of thiophene rings is 1. The Balaban J connectivity index is 1.67. The molecule has 0 fully saturated rings. The minimum atomic E-state index is -0.00393. The highest BCUT2D eigenvalue weighted by atomic mass is 32.1. The normalized spacial score (nSPS) is 11.0. The monoisotopic (exact) mass is 361 g/mol. The Morgan fingerprint density at radius 3 is 2.81 bits per heavy atom. The summed E-state index contributed by atoms with van der Waals surface area (Å²) >= 11 is 1.65. The van der Waals surface area contributed by atoms with Gasteiger partial charge in [0.1, 0.15) is 17.2 Å². The Hall–Kier alpha value is -2.92. The number of hydrogen-bond acceptors (Lipinski definition) is 3. The lowest BCUT2D eigenvalue weighted by Crippen LogP contribution is -2.14. The van der Waals surface area contributed by atoms with Crippen LogP contribution in [0.25, 0.3) is 16.9 Å². The van der Waals surface area contributed by atoms with Crippen molar-refractivity contribution < 1.29 is 4.79 Å². The summed E-state index contributed by atoms with van der Waals surface area (Å²) in [6.45, 7) is 2.04. The number of nitrogens with one attached hydrogen (secondary N) is 1. The van der Waals surface area contributed by atoms with Crippen molar-refractivity contribution in [3.63, 3.8) is 0 Å². The quantitative estimate of drug-likeness (QED) is 0.547. The zero-order chi connectivity index (χ0) is 17.9. The predicted octanol–water partition coefficient (Wildman–Crippen LogP) is 4.94. The summed E-state index contributed by atoms with van der Waals surface area (Å²) in [6, 6.07) is 16.1. The summed E-state index contributed by atoms with van der Waals surface area (Å²) in [5, 5.41) is 7.20. The van der Waals surface area contributed by atoms with Crippen LogP contribution in [0.1, 0.15) is 17.5 Å². The van der Waals surface area contributed by atoms with E-state index < -0.39 is 0 Å². The van der Waals surface area contributed by atoms with Crippen molar-refractivity contribution in [2.45, 2.75) is 19.8 Å². The molecule has 3 heterocycles. The molecule has 0 bridgehead atoms. The van der Waals surface area contributed by atoms with Crippen molar-refractivity contribution in [2.75, 3.05) is 5.32 Å². The van der Waals surface area contributed by atoms with Crippen LogP contribution in [-0.2, 0) is 11.2 Å². The zero-order valence-corrected chi connectivity index (χ0v) is 15.3. The number of aryl methyl sites for hydroxylation is 2. The number of amides is 1. The molecule has 1 amide bonds. The van der Waals surface area contributed by atoms with Crippen molar-refractivity contribution in [1.29, 1.82) is 0 Å². The van der Waals surface area contributed by atoms with Gasteiger partial charge >= 0.3 is 0 Å². The maximum absolute atomic E-state index is 12.6. The number of aromatic nitrogens is 2. The van der Waals surface area contributed by atoms with Crippen molar-refractivity contribution in [3.8, 4) is 11.3 Å². The van der Waals surface area contributed by atoms with E-state index in [0.717, 1.165) is 34.7 Å². The number of pyridine rings is 1. The Labute approximate surface area is 156 Å². The first-order chi connectivity index (χ1) is 12.7. The Bertz CT molecular complexity index is 1040. The van der Waals surface area contributed by atoms with Gasteiger partial charge in [-0.2, -0.15) is 11.3 Å². The largest absolute Gasteiger partial charge is 0.310 e. The third-order valence-electron chi connectivity index (χ3n) is 4.31. The first kappa shape index (κ1) is 16.5. The molecule has 5 heteroatoms. The smallest absolute Gasteiger partial charge is 0.225 e. The van der Waals surface area contributed by atoms with Gasteiger partial charge in [-0.25, -0.2) is 4.98 Å². The molecule has 0 aliphatic carbocycles. The number of anilines is 1.